The average molecular weight is 266 g/mol. The summed E-state index contributed by atoms with van der Waals surface area (Å²) < 4.78 is 13.4. The molecule has 1 aromatic heterocycles. The Bertz CT molecular complexity index is 545. The van der Waals surface area contributed by atoms with Crippen LogP contribution in [0.15, 0.2) is 36.7 Å². The minimum atomic E-state index is -0.470. The van der Waals surface area contributed by atoms with Crippen LogP contribution >= 0.6 is 11.6 Å². The van der Waals surface area contributed by atoms with Crippen LogP contribution in [0.3, 0.4) is 0 Å². The number of rotatable bonds is 3. The van der Waals surface area contributed by atoms with E-state index in [1.807, 2.05) is 24.1 Å². The second kappa shape index (κ2) is 5.23. The van der Waals surface area contributed by atoms with Crippen LogP contribution in [0.2, 0.25) is 5.02 Å². The van der Waals surface area contributed by atoms with Crippen LogP contribution in [0.25, 0.3) is 0 Å². The molecule has 1 aromatic carbocycles. The van der Waals surface area contributed by atoms with Crippen molar-refractivity contribution >= 4 is 23.0 Å². The van der Waals surface area contributed by atoms with Gasteiger partial charge in [-0.3, -0.25) is 4.98 Å². The zero-order chi connectivity index (χ0) is 13.1. The number of nitrogen functional groups attached to an aromatic ring is 1. The predicted molar refractivity (Wildman–Crippen MR) is 72.2 cm³/mol. The smallest absolute Gasteiger partial charge is 0.144 e. The number of pyridine rings is 1. The number of benzene rings is 1. The van der Waals surface area contributed by atoms with Gasteiger partial charge in [-0.25, -0.2) is 4.39 Å². The van der Waals surface area contributed by atoms with Gasteiger partial charge in [0.15, 0.2) is 0 Å². The minimum absolute atomic E-state index is 0.0357. The second-order valence-corrected chi connectivity index (χ2v) is 4.44. The third kappa shape index (κ3) is 2.71. The molecule has 3 nitrogen and oxygen atoms in total. The molecule has 2 N–H and O–H groups in total. The number of halogens is 2. The summed E-state index contributed by atoms with van der Waals surface area (Å²) in [6, 6.07) is 6.58. The molecule has 2 rings (SSSR count). The molecule has 0 aliphatic carbocycles. The van der Waals surface area contributed by atoms with Crippen LogP contribution in [0.1, 0.15) is 5.56 Å². The molecular weight excluding hydrogens is 253 g/mol. The first-order chi connectivity index (χ1) is 8.58. The van der Waals surface area contributed by atoms with E-state index in [0.29, 0.717) is 17.9 Å². The molecule has 0 radical (unpaired) electrons. The van der Waals surface area contributed by atoms with E-state index < -0.39 is 5.82 Å². The third-order valence-corrected chi connectivity index (χ3v) is 2.94. The van der Waals surface area contributed by atoms with E-state index in [1.54, 1.807) is 12.4 Å². The molecule has 0 aliphatic rings. The third-order valence-electron chi connectivity index (χ3n) is 2.65. The van der Waals surface area contributed by atoms with E-state index in [4.69, 9.17) is 17.3 Å². The van der Waals surface area contributed by atoms with Gasteiger partial charge in [0, 0.05) is 32.1 Å². The molecule has 0 aliphatic heterocycles. The Morgan fingerprint density at radius 3 is 2.67 bits per heavy atom. The lowest BCUT2D eigenvalue weighted by Crippen LogP contribution is -2.18. The van der Waals surface area contributed by atoms with Gasteiger partial charge in [-0.2, -0.15) is 0 Å². The molecule has 2 aromatic rings. The van der Waals surface area contributed by atoms with Crippen LogP contribution in [-0.4, -0.2) is 12.0 Å². The molecule has 94 valence electrons. The largest absolute Gasteiger partial charge is 0.397 e. The highest BCUT2D eigenvalue weighted by molar-refractivity contribution is 6.31. The van der Waals surface area contributed by atoms with E-state index >= 15 is 0 Å². The molecule has 18 heavy (non-hydrogen) atoms. The van der Waals surface area contributed by atoms with Crippen molar-refractivity contribution in [2.24, 2.45) is 0 Å². The Hall–Kier alpha value is -1.81. The first-order valence-corrected chi connectivity index (χ1v) is 5.80. The number of hydrogen-bond donors (Lipinski definition) is 1. The van der Waals surface area contributed by atoms with Crippen molar-refractivity contribution in [3.8, 4) is 0 Å². The summed E-state index contributed by atoms with van der Waals surface area (Å²) in [6.45, 7) is 0.619. The fraction of sp³-hybridized carbons (Fsp3) is 0.154. The summed E-state index contributed by atoms with van der Waals surface area (Å²) in [5.74, 6) is -0.470. The Morgan fingerprint density at radius 2 is 2.00 bits per heavy atom. The van der Waals surface area contributed by atoms with Gasteiger partial charge in [-0.15, -0.1) is 0 Å². The molecule has 0 atom stereocenters. The Kier molecular flexibility index (Phi) is 3.67. The Morgan fingerprint density at radius 1 is 1.33 bits per heavy atom. The van der Waals surface area contributed by atoms with E-state index in [0.717, 1.165) is 5.56 Å². The fourth-order valence-electron chi connectivity index (χ4n) is 1.73. The highest BCUT2D eigenvalue weighted by Gasteiger charge is 2.10. The van der Waals surface area contributed by atoms with Gasteiger partial charge in [-0.1, -0.05) is 11.6 Å². The van der Waals surface area contributed by atoms with E-state index in [2.05, 4.69) is 4.98 Å². The maximum Gasteiger partial charge on any atom is 0.144 e. The number of anilines is 2. The summed E-state index contributed by atoms with van der Waals surface area (Å²) in [7, 11) is 1.85. The SMILES string of the molecule is CN(Cc1ccncc1)c1cc(F)c(Cl)cc1N. The van der Waals surface area contributed by atoms with Gasteiger partial charge in [0.2, 0.25) is 0 Å². The zero-order valence-electron chi connectivity index (χ0n) is 9.90. The Labute approximate surface area is 110 Å². The van der Waals surface area contributed by atoms with Crippen LogP contribution in [-0.2, 0) is 6.54 Å². The van der Waals surface area contributed by atoms with Crippen molar-refractivity contribution in [2.75, 3.05) is 17.7 Å². The normalized spacial score (nSPS) is 10.4. The molecule has 0 unspecified atom stereocenters. The van der Waals surface area contributed by atoms with E-state index in [1.165, 1.54) is 12.1 Å². The number of nitrogens with zero attached hydrogens (tertiary/aromatic N) is 2. The van der Waals surface area contributed by atoms with Gasteiger partial charge in [0.25, 0.3) is 0 Å². The lowest BCUT2D eigenvalue weighted by molar-refractivity contribution is 0.628. The number of hydrogen-bond acceptors (Lipinski definition) is 3. The van der Waals surface area contributed by atoms with Crippen molar-refractivity contribution in [1.82, 2.24) is 4.98 Å². The Balaban J connectivity index is 2.24. The minimum Gasteiger partial charge on any atom is -0.397 e. The number of nitrogens with two attached hydrogens (primary N) is 1. The highest BCUT2D eigenvalue weighted by Crippen LogP contribution is 2.29. The molecule has 0 bridgehead atoms. The first kappa shape index (κ1) is 12.6. The van der Waals surface area contributed by atoms with Crippen molar-refractivity contribution in [3.63, 3.8) is 0 Å². The van der Waals surface area contributed by atoms with Crippen molar-refractivity contribution in [3.05, 3.63) is 53.1 Å². The van der Waals surface area contributed by atoms with E-state index in [-0.39, 0.29) is 5.02 Å². The van der Waals surface area contributed by atoms with Crippen LogP contribution in [0, 0.1) is 5.82 Å². The van der Waals surface area contributed by atoms with Crippen LogP contribution < -0.4 is 10.6 Å². The molecule has 5 heteroatoms. The monoisotopic (exact) mass is 265 g/mol. The van der Waals surface area contributed by atoms with Crippen molar-refractivity contribution < 1.29 is 4.39 Å². The second-order valence-electron chi connectivity index (χ2n) is 4.04. The summed E-state index contributed by atoms with van der Waals surface area (Å²) in [6.07, 6.45) is 3.43. The molecular formula is C13H13ClFN3. The van der Waals surface area contributed by atoms with Gasteiger partial charge < -0.3 is 10.6 Å². The molecule has 0 fully saturated rings. The van der Waals surface area contributed by atoms with Gasteiger partial charge in [0.1, 0.15) is 5.82 Å². The van der Waals surface area contributed by atoms with Gasteiger partial charge in [0.05, 0.1) is 16.4 Å². The molecule has 0 saturated carbocycles. The standard InChI is InChI=1S/C13H13ClFN3/c1-18(8-9-2-4-17-5-3-9)13-7-11(15)10(14)6-12(13)16/h2-7H,8,16H2,1H3. The summed E-state index contributed by atoms with van der Waals surface area (Å²) in [4.78, 5) is 5.81. The number of aromatic nitrogens is 1. The topological polar surface area (TPSA) is 42.2 Å². The van der Waals surface area contributed by atoms with Gasteiger partial charge in [-0.05, 0) is 23.8 Å². The van der Waals surface area contributed by atoms with Gasteiger partial charge >= 0.3 is 0 Å². The molecule has 1 heterocycles. The predicted octanol–water partition coefficient (Wildman–Crippen LogP) is 3.09. The maximum absolute atomic E-state index is 13.4. The fourth-order valence-corrected chi connectivity index (χ4v) is 1.90. The summed E-state index contributed by atoms with van der Waals surface area (Å²) in [5.41, 5.74) is 7.99. The molecule has 0 amide bonds. The van der Waals surface area contributed by atoms with E-state index in [9.17, 15) is 4.39 Å². The highest BCUT2D eigenvalue weighted by atomic mass is 35.5. The lowest BCUT2D eigenvalue weighted by Gasteiger charge is -2.21. The quantitative estimate of drug-likeness (QED) is 0.867. The van der Waals surface area contributed by atoms with Crippen LogP contribution in [0.4, 0.5) is 15.8 Å². The maximum atomic E-state index is 13.4. The first-order valence-electron chi connectivity index (χ1n) is 5.42. The zero-order valence-corrected chi connectivity index (χ0v) is 10.7. The lowest BCUT2D eigenvalue weighted by atomic mass is 10.2. The van der Waals surface area contributed by atoms with Crippen molar-refractivity contribution in [1.29, 1.82) is 0 Å². The summed E-state index contributed by atoms with van der Waals surface area (Å²) >= 11 is 5.67. The molecule has 0 spiro atoms. The van der Waals surface area contributed by atoms with Crippen molar-refractivity contribution in [2.45, 2.75) is 6.54 Å². The average Bonchev–Trinajstić information content (AvgIpc) is 2.35. The summed E-state index contributed by atoms with van der Waals surface area (Å²) in [5, 5.41) is 0.0357. The molecule has 0 saturated heterocycles. The van der Waals surface area contributed by atoms with Crippen LogP contribution in [0.5, 0.6) is 0 Å².